The molecule has 6 nitrogen and oxygen atoms in total. The first-order chi connectivity index (χ1) is 14.6. The van der Waals surface area contributed by atoms with Gasteiger partial charge >= 0.3 is 0 Å². The maximum Gasteiger partial charge on any atom is 0.253 e. The summed E-state index contributed by atoms with van der Waals surface area (Å²) in [6.45, 7) is 2.14. The van der Waals surface area contributed by atoms with Crippen LogP contribution in [0.15, 0.2) is 59.8 Å². The highest BCUT2D eigenvalue weighted by molar-refractivity contribution is 7.89. The van der Waals surface area contributed by atoms with E-state index in [0.717, 1.165) is 22.2 Å². The lowest BCUT2D eigenvalue weighted by molar-refractivity contribution is 0.601. The second-order valence-corrected chi connectivity index (χ2v) is 10.0. The van der Waals surface area contributed by atoms with E-state index in [2.05, 4.69) is 4.98 Å². The molecule has 0 N–H and O–H groups in total. The molecule has 2 aromatic heterocycles. The Hall–Kier alpha value is -3.26. The molecule has 0 bridgehead atoms. The van der Waals surface area contributed by atoms with Crippen LogP contribution in [0.4, 0.5) is 4.39 Å². The van der Waals surface area contributed by atoms with Gasteiger partial charge in [0.05, 0.1) is 23.1 Å². The van der Waals surface area contributed by atoms with E-state index in [4.69, 9.17) is 0 Å². The van der Waals surface area contributed by atoms with Crippen LogP contribution >= 0.6 is 0 Å². The number of fused-ring (bicyclic) bond motifs is 1. The molecular weight excluding hydrogens is 417 g/mol. The molecule has 2 heterocycles. The minimum absolute atomic E-state index is 0.0858. The van der Waals surface area contributed by atoms with Crippen molar-refractivity contribution in [1.82, 2.24) is 14.1 Å². The first-order valence-corrected chi connectivity index (χ1v) is 11.7. The fraction of sp³-hybridized carbons (Fsp3) is 0.217. The Morgan fingerprint density at radius 2 is 1.87 bits per heavy atom. The van der Waals surface area contributed by atoms with Gasteiger partial charge in [0.2, 0.25) is 0 Å². The normalized spacial score (nSPS) is 11.9. The lowest BCUT2D eigenvalue weighted by Gasteiger charge is -2.11. The summed E-state index contributed by atoms with van der Waals surface area (Å²) in [5, 5.41) is 0. The molecule has 0 fully saturated rings. The van der Waals surface area contributed by atoms with Gasteiger partial charge in [-0.3, -0.25) is 4.79 Å². The standard InChI is InChI=1S/C23H22FN3O3S/c1-15-7-18(12-26(2)23(15)28)17-9-19(13-31(3,29)30)22-21(10-17)27(14-25-22)11-16-5-4-6-20(24)8-16/h4-10,12,14H,11,13H2,1-3H3. The third kappa shape index (κ3) is 4.44. The maximum absolute atomic E-state index is 13.6. The number of pyridine rings is 1. The minimum atomic E-state index is -3.30. The van der Waals surface area contributed by atoms with Crippen LogP contribution in [-0.2, 0) is 29.2 Å². The molecule has 2 aromatic carbocycles. The molecule has 0 radical (unpaired) electrons. The Bertz CT molecular complexity index is 1440. The van der Waals surface area contributed by atoms with Crippen molar-refractivity contribution in [2.24, 2.45) is 7.05 Å². The number of sulfone groups is 1. The van der Waals surface area contributed by atoms with Crippen LogP contribution in [0.3, 0.4) is 0 Å². The summed E-state index contributed by atoms with van der Waals surface area (Å²) in [7, 11) is -1.62. The van der Waals surface area contributed by atoms with Gasteiger partial charge in [0, 0.05) is 31.6 Å². The van der Waals surface area contributed by atoms with Gasteiger partial charge < -0.3 is 9.13 Å². The van der Waals surface area contributed by atoms with Gasteiger partial charge in [0.25, 0.3) is 5.56 Å². The fourth-order valence-corrected chi connectivity index (χ4v) is 4.57. The Balaban J connectivity index is 1.92. The summed E-state index contributed by atoms with van der Waals surface area (Å²) in [5.41, 5.74) is 4.78. The van der Waals surface area contributed by atoms with Crippen LogP contribution in [0.1, 0.15) is 16.7 Å². The number of nitrogens with zero attached hydrogens (tertiary/aromatic N) is 3. The predicted molar refractivity (Wildman–Crippen MR) is 119 cm³/mol. The van der Waals surface area contributed by atoms with E-state index in [9.17, 15) is 17.6 Å². The van der Waals surface area contributed by atoms with Crippen LogP contribution < -0.4 is 5.56 Å². The average molecular weight is 440 g/mol. The largest absolute Gasteiger partial charge is 0.326 e. The van der Waals surface area contributed by atoms with Crippen molar-refractivity contribution in [2.75, 3.05) is 6.26 Å². The van der Waals surface area contributed by atoms with Crippen molar-refractivity contribution in [3.63, 3.8) is 0 Å². The topological polar surface area (TPSA) is 74.0 Å². The Morgan fingerprint density at radius 1 is 1.10 bits per heavy atom. The molecule has 0 aliphatic rings. The van der Waals surface area contributed by atoms with Gasteiger partial charge in [-0.05, 0) is 59.5 Å². The van der Waals surface area contributed by atoms with Gasteiger partial charge in [-0.2, -0.15) is 0 Å². The predicted octanol–water partition coefficient (Wildman–Crippen LogP) is 3.44. The number of benzene rings is 2. The number of imidazole rings is 1. The van der Waals surface area contributed by atoms with Crippen molar-refractivity contribution in [3.05, 3.63) is 87.9 Å². The summed E-state index contributed by atoms with van der Waals surface area (Å²) in [6.07, 6.45) is 4.55. The molecule has 0 unspecified atom stereocenters. The van der Waals surface area contributed by atoms with E-state index in [1.807, 2.05) is 22.8 Å². The van der Waals surface area contributed by atoms with Gasteiger partial charge in [-0.1, -0.05) is 12.1 Å². The SMILES string of the molecule is Cc1cc(-c2cc(CS(C)(=O)=O)c3ncn(Cc4cccc(F)c4)c3c2)cn(C)c1=O. The third-order valence-electron chi connectivity index (χ3n) is 5.16. The van der Waals surface area contributed by atoms with Crippen LogP contribution in [0, 0.1) is 12.7 Å². The highest BCUT2D eigenvalue weighted by Crippen LogP contribution is 2.29. The van der Waals surface area contributed by atoms with Gasteiger partial charge in [-0.25, -0.2) is 17.8 Å². The molecule has 0 saturated heterocycles. The Morgan fingerprint density at radius 3 is 2.55 bits per heavy atom. The molecule has 0 spiro atoms. The molecule has 4 rings (SSSR count). The highest BCUT2D eigenvalue weighted by Gasteiger charge is 2.16. The summed E-state index contributed by atoms with van der Waals surface area (Å²) in [4.78, 5) is 16.6. The molecule has 0 aliphatic carbocycles. The number of hydrogen-bond acceptors (Lipinski definition) is 4. The molecule has 31 heavy (non-hydrogen) atoms. The van der Waals surface area contributed by atoms with Crippen LogP contribution in [-0.4, -0.2) is 28.8 Å². The molecular formula is C23H22FN3O3S. The van der Waals surface area contributed by atoms with Crippen molar-refractivity contribution in [2.45, 2.75) is 19.2 Å². The molecule has 0 aliphatic heterocycles. The molecule has 0 saturated carbocycles. The summed E-state index contributed by atoms with van der Waals surface area (Å²) in [5.74, 6) is -0.472. The van der Waals surface area contributed by atoms with Crippen LogP contribution in [0.2, 0.25) is 0 Å². The molecule has 0 atom stereocenters. The first-order valence-electron chi connectivity index (χ1n) is 9.68. The van der Waals surface area contributed by atoms with E-state index in [1.54, 1.807) is 38.6 Å². The lowest BCUT2D eigenvalue weighted by Crippen LogP contribution is -2.18. The van der Waals surface area contributed by atoms with Gasteiger partial charge in [0.15, 0.2) is 9.84 Å². The van der Waals surface area contributed by atoms with Crippen molar-refractivity contribution >= 4 is 20.9 Å². The van der Waals surface area contributed by atoms with E-state index in [0.29, 0.717) is 23.2 Å². The van der Waals surface area contributed by atoms with Crippen molar-refractivity contribution in [1.29, 1.82) is 0 Å². The van der Waals surface area contributed by atoms with Gasteiger partial charge in [0.1, 0.15) is 5.82 Å². The zero-order valence-electron chi connectivity index (χ0n) is 17.5. The second-order valence-electron chi connectivity index (χ2n) is 7.90. The third-order valence-corrected chi connectivity index (χ3v) is 6.00. The zero-order valence-corrected chi connectivity index (χ0v) is 18.3. The maximum atomic E-state index is 13.6. The summed E-state index contributed by atoms with van der Waals surface area (Å²) < 4.78 is 41.1. The van der Waals surface area contributed by atoms with Crippen LogP contribution in [0.5, 0.6) is 0 Å². The summed E-state index contributed by atoms with van der Waals surface area (Å²) in [6, 6.07) is 11.9. The fourth-order valence-electron chi connectivity index (χ4n) is 3.79. The van der Waals surface area contributed by atoms with E-state index >= 15 is 0 Å². The lowest BCUT2D eigenvalue weighted by atomic mass is 10.0. The molecule has 160 valence electrons. The van der Waals surface area contributed by atoms with Crippen molar-refractivity contribution < 1.29 is 12.8 Å². The molecule has 4 aromatic rings. The highest BCUT2D eigenvalue weighted by atomic mass is 32.2. The number of aryl methyl sites for hydroxylation is 2. The van der Waals surface area contributed by atoms with Crippen molar-refractivity contribution in [3.8, 4) is 11.1 Å². The van der Waals surface area contributed by atoms with E-state index in [1.165, 1.54) is 23.0 Å². The molecule has 0 amide bonds. The monoisotopic (exact) mass is 439 g/mol. The minimum Gasteiger partial charge on any atom is -0.326 e. The second kappa shape index (κ2) is 7.77. The molecule has 8 heteroatoms. The Labute approximate surface area is 179 Å². The zero-order chi connectivity index (χ0) is 22.3. The summed E-state index contributed by atoms with van der Waals surface area (Å²) >= 11 is 0. The van der Waals surface area contributed by atoms with Gasteiger partial charge in [-0.15, -0.1) is 0 Å². The Kier molecular flexibility index (Phi) is 5.26. The average Bonchev–Trinajstić information content (AvgIpc) is 3.07. The number of aromatic nitrogens is 3. The number of hydrogen-bond donors (Lipinski definition) is 0. The smallest absolute Gasteiger partial charge is 0.253 e. The first kappa shape index (κ1) is 21.0. The number of halogens is 1. The number of rotatable bonds is 5. The van der Waals surface area contributed by atoms with E-state index in [-0.39, 0.29) is 17.1 Å². The quantitative estimate of drug-likeness (QED) is 0.478. The van der Waals surface area contributed by atoms with E-state index < -0.39 is 9.84 Å². The van der Waals surface area contributed by atoms with Crippen LogP contribution in [0.25, 0.3) is 22.2 Å².